The fraction of sp³-hybridized carbons (Fsp3) is 0.391. The van der Waals surface area contributed by atoms with Gasteiger partial charge < -0.3 is 19.1 Å². The van der Waals surface area contributed by atoms with Crippen molar-refractivity contribution in [1.29, 1.82) is 0 Å². The van der Waals surface area contributed by atoms with Gasteiger partial charge in [0.2, 0.25) is 5.91 Å². The molecule has 4 rings (SSSR count). The van der Waals surface area contributed by atoms with Gasteiger partial charge >= 0.3 is 0 Å². The lowest BCUT2D eigenvalue weighted by Crippen LogP contribution is -2.49. The Morgan fingerprint density at radius 1 is 1.16 bits per heavy atom. The van der Waals surface area contributed by atoms with Crippen LogP contribution in [-0.2, 0) is 16.1 Å². The second-order valence-corrected chi connectivity index (χ2v) is 9.05. The van der Waals surface area contributed by atoms with Gasteiger partial charge in [0.25, 0.3) is 0 Å². The first-order valence-electron chi connectivity index (χ1n) is 10.4. The second kappa shape index (κ2) is 9.94. The normalized spacial score (nSPS) is 14.4. The molecular formula is C23H27ClN4O2S. The van der Waals surface area contributed by atoms with Crippen LogP contribution < -0.4 is 4.90 Å². The minimum absolute atomic E-state index is 0.150. The van der Waals surface area contributed by atoms with E-state index in [0.717, 1.165) is 42.4 Å². The third-order valence-corrected chi connectivity index (χ3v) is 6.71. The molecule has 6 nitrogen and oxygen atoms in total. The predicted molar refractivity (Wildman–Crippen MR) is 127 cm³/mol. The minimum Gasteiger partial charge on any atom is -0.383 e. The van der Waals surface area contributed by atoms with Gasteiger partial charge in [-0.15, -0.1) is 0 Å². The van der Waals surface area contributed by atoms with E-state index in [1.807, 2.05) is 23.1 Å². The number of carbonyl (C=O) groups is 1. The van der Waals surface area contributed by atoms with Crippen molar-refractivity contribution >= 4 is 46.0 Å². The highest BCUT2D eigenvalue weighted by Gasteiger charge is 2.22. The summed E-state index contributed by atoms with van der Waals surface area (Å²) in [6.07, 6.45) is 0. The summed E-state index contributed by atoms with van der Waals surface area (Å²) < 4.78 is 7.35. The van der Waals surface area contributed by atoms with Gasteiger partial charge in [-0.05, 0) is 42.8 Å². The maximum absolute atomic E-state index is 12.9. The number of ether oxygens (including phenoxy) is 1. The molecule has 3 aromatic rings. The molecule has 1 aromatic heterocycles. The number of imidazole rings is 1. The van der Waals surface area contributed by atoms with Gasteiger partial charge in [-0.3, -0.25) is 4.79 Å². The Hall–Kier alpha value is -2.22. The number of rotatable bonds is 7. The third-order valence-electron chi connectivity index (χ3n) is 5.52. The van der Waals surface area contributed by atoms with E-state index in [-0.39, 0.29) is 5.91 Å². The first-order chi connectivity index (χ1) is 15.0. The molecule has 1 aliphatic rings. The SMILES string of the molecule is COCCn1c(SCC(=O)N2CCN(c3cccc(C)c3)CC2)nc2cc(Cl)ccc21. The molecule has 0 unspecified atom stereocenters. The van der Waals surface area contributed by atoms with Crippen molar-refractivity contribution < 1.29 is 9.53 Å². The van der Waals surface area contributed by atoms with E-state index in [4.69, 9.17) is 21.3 Å². The van der Waals surface area contributed by atoms with E-state index in [9.17, 15) is 4.79 Å². The van der Waals surface area contributed by atoms with E-state index in [1.165, 1.54) is 23.0 Å². The Morgan fingerprint density at radius 2 is 1.97 bits per heavy atom. The number of halogens is 1. The number of aromatic nitrogens is 2. The molecule has 0 atom stereocenters. The standard InChI is InChI=1S/C23H27ClN4O2S/c1-17-4-3-5-19(14-17)26-8-10-27(11-9-26)22(29)16-31-23-25-20-15-18(24)6-7-21(20)28(23)12-13-30-2/h3-7,14-15H,8-13,16H2,1-2H3. The lowest BCUT2D eigenvalue weighted by Gasteiger charge is -2.36. The van der Waals surface area contributed by atoms with Crippen LogP contribution in [0.4, 0.5) is 5.69 Å². The Morgan fingerprint density at radius 3 is 2.71 bits per heavy atom. The highest BCUT2D eigenvalue weighted by atomic mass is 35.5. The molecule has 1 saturated heterocycles. The van der Waals surface area contributed by atoms with E-state index < -0.39 is 0 Å². The zero-order chi connectivity index (χ0) is 21.8. The smallest absolute Gasteiger partial charge is 0.233 e. The topological polar surface area (TPSA) is 50.6 Å². The highest BCUT2D eigenvalue weighted by Crippen LogP contribution is 2.27. The molecule has 0 spiro atoms. The lowest BCUT2D eigenvalue weighted by molar-refractivity contribution is -0.128. The van der Waals surface area contributed by atoms with Gasteiger partial charge in [-0.1, -0.05) is 35.5 Å². The van der Waals surface area contributed by atoms with Crippen molar-refractivity contribution in [2.45, 2.75) is 18.6 Å². The molecule has 0 N–H and O–H groups in total. The van der Waals surface area contributed by atoms with Crippen molar-refractivity contribution in [3.63, 3.8) is 0 Å². The molecule has 0 bridgehead atoms. The molecule has 1 fully saturated rings. The Kier molecular flexibility index (Phi) is 7.05. The van der Waals surface area contributed by atoms with Crippen molar-refractivity contribution in [1.82, 2.24) is 14.5 Å². The number of anilines is 1. The van der Waals surface area contributed by atoms with Crippen LogP contribution in [0.2, 0.25) is 5.02 Å². The number of benzene rings is 2. The molecule has 1 aliphatic heterocycles. The predicted octanol–water partition coefficient (Wildman–Crippen LogP) is 4.09. The second-order valence-electron chi connectivity index (χ2n) is 7.67. The number of aryl methyl sites for hydroxylation is 1. The summed E-state index contributed by atoms with van der Waals surface area (Å²) in [7, 11) is 1.68. The highest BCUT2D eigenvalue weighted by molar-refractivity contribution is 7.99. The van der Waals surface area contributed by atoms with Gasteiger partial charge in [0.15, 0.2) is 5.16 Å². The summed E-state index contributed by atoms with van der Waals surface area (Å²) in [5.41, 5.74) is 4.32. The lowest BCUT2D eigenvalue weighted by atomic mass is 10.2. The Bertz CT molecular complexity index is 1060. The molecule has 2 aromatic carbocycles. The van der Waals surface area contributed by atoms with E-state index >= 15 is 0 Å². The number of hydrogen-bond donors (Lipinski definition) is 0. The van der Waals surface area contributed by atoms with Crippen LogP contribution in [0.25, 0.3) is 11.0 Å². The molecule has 31 heavy (non-hydrogen) atoms. The molecule has 164 valence electrons. The third kappa shape index (κ3) is 5.17. The van der Waals surface area contributed by atoms with E-state index in [0.29, 0.717) is 23.9 Å². The Labute approximate surface area is 192 Å². The quantitative estimate of drug-likeness (QED) is 0.499. The van der Waals surface area contributed by atoms with Crippen LogP contribution in [0.15, 0.2) is 47.6 Å². The average Bonchev–Trinajstić information content (AvgIpc) is 3.12. The van der Waals surface area contributed by atoms with Gasteiger partial charge in [0, 0.05) is 50.5 Å². The van der Waals surface area contributed by atoms with Gasteiger partial charge in [-0.2, -0.15) is 0 Å². The monoisotopic (exact) mass is 458 g/mol. The maximum Gasteiger partial charge on any atom is 0.233 e. The van der Waals surface area contributed by atoms with E-state index in [2.05, 4.69) is 40.7 Å². The summed E-state index contributed by atoms with van der Waals surface area (Å²) >= 11 is 7.61. The molecule has 1 amide bonds. The van der Waals surface area contributed by atoms with Gasteiger partial charge in [-0.25, -0.2) is 4.98 Å². The van der Waals surface area contributed by atoms with Crippen LogP contribution >= 0.6 is 23.4 Å². The summed E-state index contributed by atoms with van der Waals surface area (Å²) in [5.74, 6) is 0.520. The van der Waals surface area contributed by atoms with Crippen LogP contribution in [0.1, 0.15) is 5.56 Å². The van der Waals surface area contributed by atoms with Gasteiger partial charge in [0.05, 0.1) is 23.4 Å². The van der Waals surface area contributed by atoms with Crippen LogP contribution in [0.5, 0.6) is 0 Å². The Balaban J connectivity index is 1.38. The number of piperazine rings is 1. The van der Waals surface area contributed by atoms with E-state index in [1.54, 1.807) is 7.11 Å². The molecule has 0 aliphatic carbocycles. The number of amides is 1. The molecule has 0 saturated carbocycles. The van der Waals surface area contributed by atoms with Gasteiger partial charge in [0.1, 0.15) is 0 Å². The number of methoxy groups -OCH3 is 1. The number of fused-ring (bicyclic) bond motifs is 1. The zero-order valence-corrected chi connectivity index (χ0v) is 19.5. The summed E-state index contributed by atoms with van der Waals surface area (Å²) in [4.78, 5) is 21.9. The van der Waals surface area contributed by atoms with Crippen LogP contribution in [0, 0.1) is 6.92 Å². The zero-order valence-electron chi connectivity index (χ0n) is 17.9. The van der Waals surface area contributed by atoms with Crippen LogP contribution in [-0.4, -0.2) is 66.0 Å². The first kappa shape index (κ1) is 22.0. The minimum atomic E-state index is 0.150. The average molecular weight is 459 g/mol. The summed E-state index contributed by atoms with van der Waals surface area (Å²) in [5, 5.41) is 1.48. The fourth-order valence-electron chi connectivity index (χ4n) is 3.85. The number of nitrogens with zero attached hydrogens (tertiary/aromatic N) is 4. The number of hydrogen-bond acceptors (Lipinski definition) is 5. The van der Waals surface area contributed by atoms with Crippen molar-refractivity contribution in [3.05, 3.63) is 53.1 Å². The largest absolute Gasteiger partial charge is 0.383 e. The first-order valence-corrected chi connectivity index (χ1v) is 11.8. The molecule has 0 radical (unpaired) electrons. The molecular weight excluding hydrogens is 432 g/mol. The summed E-state index contributed by atoms with van der Waals surface area (Å²) in [6.45, 7) is 6.55. The summed E-state index contributed by atoms with van der Waals surface area (Å²) in [6, 6.07) is 14.2. The van der Waals surface area contributed by atoms with Crippen molar-refractivity contribution in [3.8, 4) is 0 Å². The molecule has 2 heterocycles. The maximum atomic E-state index is 12.9. The molecule has 8 heteroatoms. The van der Waals surface area contributed by atoms with Crippen LogP contribution in [0.3, 0.4) is 0 Å². The van der Waals surface area contributed by atoms with Crippen molar-refractivity contribution in [2.24, 2.45) is 0 Å². The fourth-order valence-corrected chi connectivity index (χ4v) is 4.96. The number of thioether (sulfide) groups is 1. The number of carbonyl (C=O) groups excluding carboxylic acids is 1. The van der Waals surface area contributed by atoms with Crippen molar-refractivity contribution in [2.75, 3.05) is 50.5 Å².